The smallest absolute Gasteiger partial charge is 0.312 e. The van der Waals surface area contributed by atoms with Gasteiger partial charge < -0.3 is 15.0 Å². The molecule has 1 aliphatic heterocycles. The molecule has 31 heavy (non-hydrogen) atoms. The minimum absolute atomic E-state index is 0.0475. The van der Waals surface area contributed by atoms with E-state index in [0.29, 0.717) is 11.3 Å². The summed E-state index contributed by atoms with van der Waals surface area (Å²) < 4.78 is 5.34. The number of nitrogens with one attached hydrogen (secondary N) is 1. The van der Waals surface area contributed by atoms with Crippen molar-refractivity contribution in [3.8, 4) is 0 Å². The topological polar surface area (TPSA) is 92.8 Å². The number of carbonyl (C=O) groups is 4. The van der Waals surface area contributed by atoms with Crippen molar-refractivity contribution in [1.82, 2.24) is 0 Å². The maximum Gasteiger partial charge on any atom is 0.312 e. The molecule has 1 N–H and O–H groups in total. The molecule has 0 aliphatic carbocycles. The largest absolute Gasteiger partial charge is 0.452 e. The van der Waals surface area contributed by atoms with E-state index in [1.165, 1.54) is 13.8 Å². The average Bonchev–Trinajstić information content (AvgIpc) is 3.15. The summed E-state index contributed by atoms with van der Waals surface area (Å²) in [5.74, 6) is -1.97. The Balaban J connectivity index is 1.61. The number of ether oxygens (including phenoxy) is 1. The third-order valence-corrected chi connectivity index (χ3v) is 5.32. The van der Waals surface area contributed by atoms with Crippen LogP contribution in [-0.4, -0.2) is 36.2 Å². The van der Waals surface area contributed by atoms with E-state index in [-0.39, 0.29) is 24.7 Å². The Morgan fingerprint density at radius 2 is 1.90 bits per heavy atom. The van der Waals surface area contributed by atoms with Gasteiger partial charge in [-0.2, -0.15) is 0 Å². The molecule has 7 nitrogen and oxygen atoms in total. The number of amides is 2. The molecule has 1 aliphatic rings. The number of aryl methyl sites for hydroxylation is 1. The third kappa shape index (κ3) is 5.17. The van der Waals surface area contributed by atoms with Gasteiger partial charge in [0.2, 0.25) is 5.91 Å². The van der Waals surface area contributed by atoms with E-state index >= 15 is 0 Å². The average molecular weight is 422 g/mol. The molecule has 3 rings (SSSR count). The van der Waals surface area contributed by atoms with Gasteiger partial charge in [0.1, 0.15) is 0 Å². The maximum absolute atomic E-state index is 12.6. The van der Waals surface area contributed by atoms with Crippen LogP contribution in [0.2, 0.25) is 0 Å². The first kappa shape index (κ1) is 22.2. The van der Waals surface area contributed by atoms with E-state index in [1.807, 2.05) is 31.2 Å². The Bertz CT molecular complexity index is 1020. The summed E-state index contributed by atoms with van der Waals surface area (Å²) in [5.41, 5.74) is 2.75. The number of nitrogens with zero attached hydrogens (tertiary/aromatic N) is 1. The number of hydrogen-bond acceptors (Lipinski definition) is 5. The quantitative estimate of drug-likeness (QED) is 0.545. The molecule has 0 unspecified atom stereocenters. The molecule has 2 aromatic rings. The van der Waals surface area contributed by atoms with Gasteiger partial charge >= 0.3 is 5.97 Å². The highest BCUT2D eigenvalue weighted by atomic mass is 16.5. The first-order chi connectivity index (χ1) is 14.8. The minimum Gasteiger partial charge on any atom is -0.452 e. The second-order valence-electron chi connectivity index (χ2n) is 7.59. The van der Waals surface area contributed by atoms with Crippen LogP contribution >= 0.6 is 0 Å². The molecule has 2 amide bonds. The zero-order valence-electron chi connectivity index (χ0n) is 17.9. The molecule has 0 bridgehead atoms. The van der Waals surface area contributed by atoms with E-state index in [9.17, 15) is 19.2 Å². The van der Waals surface area contributed by atoms with Crippen LogP contribution in [0.3, 0.4) is 0 Å². The zero-order valence-corrected chi connectivity index (χ0v) is 17.9. The van der Waals surface area contributed by atoms with E-state index in [0.717, 1.165) is 17.7 Å². The Hall–Kier alpha value is -3.48. The standard InChI is InChI=1S/C24H26N2O5/c1-4-17-8-5-6-11-21(17)26-14-19(13-22(26)28)24(30)31-16(3)23(29)25-20-10-7-9-18(12-20)15(2)27/h5-12,16,19H,4,13-14H2,1-3H3,(H,25,29)/t16-,19+/m1/s1. The number of Topliss-reactive ketones (excluding diaryl/α,β-unsaturated/α-hetero) is 1. The van der Waals surface area contributed by atoms with Crippen LogP contribution in [0, 0.1) is 5.92 Å². The van der Waals surface area contributed by atoms with Crippen LogP contribution in [0.4, 0.5) is 11.4 Å². The van der Waals surface area contributed by atoms with Gasteiger partial charge in [-0.05, 0) is 44.0 Å². The van der Waals surface area contributed by atoms with Crippen molar-refractivity contribution < 1.29 is 23.9 Å². The summed E-state index contributed by atoms with van der Waals surface area (Å²) >= 11 is 0. The van der Waals surface area contributed by atoms with Crippen LogP contribution in [0.1, 0.15) is 43.1 Å². The third-order valence-electron chi connectivity index (χ3n) is 5.32. The highest BCUT2D eigenvalue weighted by molar-refractivity contribution is 6.01. The molecule has 1 heterocycles. The van der Waals surface area contributed by atoms with Gasteiger partial charge in [-0.25, -0.2) is 0 Å². The van der Waals surface area contributed by atoms with E-state index in [4.69, 9.17) is 4.74 Å². The fourth-order valence-electron chi connectivity index (χ4n) is 3.56. The number of esters is 1. The summed E-state index contributed by atoms with van der Waals surface area (Å²) in [5, 5.41) is 2.65. The SMILES string of the molecule is CCc1ccccc1N1C[C@@H](C(=O)O[C@H](C)C(=O)Nc2cccc(C(C)=O)c2)CC1=O. The molecule has 162 valence electrons. The number of anilines is 2. The van der Waals surface area contributed by atoms with Gasteiger partial charge in [0.05, 0.1) is 5.92 Å². The summed E-state index contributed by atoms with van der Waals surface area (Å²) in [6, 6.07) is 14.1. The van der Waals surface area contributed by atoms with E-state index in [2.05, 4.69) is 5.32 Å². The van der Waals surface area contributed by atoms with Crippen LogP contribution in [0.5, 0.6) is 0 Å². The van der Waals surface area contributed by atoms with Crippen LogP contribution < -0.4 is 10.2 Å². The highest BCUT2D eigenvalue weighted by Crippen LogP contribution is 2.29. The summed E-state index contributed by atoms with van der Waals surface area (Å²) in [7, 11) is 0. The number of para-hydroxylation sites is 1. The zero-order chi connectivity index (χ0) is 22.5. The molecular weight excluding hydrogens is 396 g/mol. The second kappa shape index (κ2) is 9.55. The van der Waals surface area contributed by atoms with Crippen molar-refractivity contribution in [3.05, 3.63) is 59.7 Å². The number of carbonyl (C=O) groups excluding carboxylic acids is 4. The van der Waals surface area contributed by atoms with Gasteiger partial charge in [-0.15, -0.1) is 0 Å². The maximum atomic E-state index is 12.6. The first-order valence-corrected chi connectivity index (χ1v) is 10.3. The Morgan fingerprint density at radius 3 is 2.61 bits per heavy atom. The summed E-state index contributed by atoms with van der Waals surface area (Å²) in [4.78, 5) is 50.7. The Morgan fingerprint density at radius 1 is 1.16 bits per heavy atom. The molecule has 0 spiro atoms. The lowest BCUT2D eigenvalue weighted by Crippen LogP contribution is -2.33. The lowest BCUT2D eigenvalue weighted by atomic mass is 10.1. The predicted octanol–water partition coefficient (Wildman–Crippen LogP) is 3.37. The van der Waals surface area contributed by atoms with Crippen LogP contribution in [0.15, 0.2) is 48.5 Å². The summed E-state index contributed by atoms with van der Waals surface area (Å²) in [6.07, 6.45) is -0.219. The van der Waals surface area contributed by atoms with Crippen molar-refractivity contribution in [3.63, 3.8) is 0 Å². The lowest BCUT2D eigenvalue weighted by Gasteiger charge is -2.20. The van der Waals surface area contributed by atoms with Gasteiger partial charge in [0.15, 0.2) is 11.9 Å². The molecule has 2 aromatic carbocycles. The molecule has 1 saturated heterocycles. The van der Waals surface area contributed by atoms with Crippen molar-refractivity contribution in [2.24, 2.45) is 5.92 Å². The molecule has 0 radical (unpaired) electrons. The van der Waals surface area contributed by atoms with Crippen LogP contribution in [0.25, 0.3) is 0 Å². The fourth-order valence-corrected chi connectivity index (χ4v) is 3.56. The van der Waals surface area contributed by atoms with Crippen molar-refractivity contribution in [1.29, 1.82) is 0 Å². The Kier molecular flexibility index (Phi) is 6.84. The molecule has 2 atom stereocenters. The fraction of sp³-hybridized carbons (Fsp3) is 0.333. The normalized spacial score (nSPS) is 16.7. The molecule has 0 aromatic heterocycles. The van der Waals surface area contributed by atoms with Crippen molar-refractivity contribution >= 4 is 34.9 Å². The van der Waals surface area contributed by atoms with E-state index < -0.39 is 23.9 Å². The monoisotopic (exact) mass is 422 g/mol. The van der Waals surface area contributed by atoms with Gasteiger partial charge in [0, 0.05) is 29.9 Å². The number of ketones is 1. The number of rotatable bonds is 7. The number of benzene rings is 2. The number of hydrogen-bond donors (Lipinski definition) is 1. The Labute approximate surface area is 181 Å². The van der Waals surface area contributed by atoms with Crippen molar-refractivity contribution in [2.75, 3.05) is 16.8 Å². The molecule has 7 heteroatoms. The second-order valence-corrected chi connectivity index (χ2v) is 7.59. The molecular formula is C24H26N2O5. The van der Waals surface area contributed by atoms with Gasteiger partial charge in [-0.3, -0.25) is 19.2 Å². The van der Waals surface area contributed by atoms with Gasteiger partial charge in [-0.1, -0.05) is 37.3 Å². The predicted molar refractivity (Wildman–Crippen MR) is 117 cm³/mol. The van der Waals surface area contributed by atoms with Crippen molar-refractivity contribution in [2.45, 2.75) is 39.7 Å². The minimum atomic E-state index is -1.04. The van der Waals surface area contributed by atoms with E-state index in [1.54, 1.807) is 29.2 Å². The summed E-state index contributed by atoms with van der Waals surface area (Å²) in [6.45, 7) is 5.15. The molecule has 1 fully saturated rings. The molecule has 0 saturated carbocycles. The lowest BCUT2D eigenvalue weighted by molar-refractivity contribution is -0.157. The van der Waals surface area contributed by atoms with Gasteiger partial charge in [0.25, 0.3) is 5.91 Å². The first-order valence-electron chi connectivity index (χ1n) is 10.3. The highest BCUT2D eigenvalue weighted by Gasteiger charge is 2.37. The van der Waals surface area contributed by atoms with Crippen LogP contribution in [-0.2, 0) is 25.5 Å².